The smallest absolute Gasteiger partial charge is 0.236 e. The lowest BCUT2D eigenvalue weighted by atomic mass is 10.1. The number of halogens is 1. The van der Waals surface area contributed by atoms with Gasteiger partial charge in [-0.2, -0.15) is 0 Å². The Labute approximate surface area is 124 Å². The quantitative estimate of drug-likeness (QED) is 0.641. The van der Waals surface area contributed by atoms with Gasteiger partial charge in [0.15, 0.2) is 0 Å². The number of nitrogens with zero attached hydrogens (tertiary/aromatic N) is 1. The van der Waals surface area contributed by atoms with Crippen LogP contribution in [0.1, 0.15) is 53.9 Å². The second-order valence-electron chi connectivity index (χ2n) is 5.47. The maximum Gasteiger partial charge on any atom is 0.236 e. The fraction of sp³-hybridized carbons (Fsp3) is 0.929. The number of nitrogens with two attached hydrogens (primary N) is 1. The highest BCUT2D eigenvalue weighted by atomic mass is 35.5. The molecule has 0 saturated carbocycles. The normalized spacial score (nSPS) is 12.7. The molecule has 0 saturated heterocycles. The second-order valence-corrected chi connectivity index (χ2v) is 5.47. The van der Waals surface area contributed by atoms with Gasteiger partial charge in [-0.1, -0.05) is 13.3 Å². The summed E-state index contributed by atoms with van der Waals surface area (Å²) in [7, 11) is 0. The molecular formula is C14H32ClN3O. The first-order chi connectivity index (χ1) is 8.40. The Morgan fingerprint density at radius 2 is 1.74 bits per heavy atom. The van der Waals surface area contributed by atoms with Crippen molar-refractivity contribution < 1.29 is 4.79 Å². The second kappa shape index (κ2) is 11.5. The van der Waals surface area contributed by atoms with Gasteiger partial charge in [-0.3, -0.25) is 9.69 Å². The summed E-state index contributed by atoms with van der Waals surface area (Å²) in [6, 6.07) is 0.743. The molecule has 116 valence electrons. The van der Waals surface area contributed by atoms with Crippen molar-refractivity contribution in [2.24, 2.45) is 5.73 Å². The maximum atomic E-state index is 11.6. The first-order valence-corrected chi connectivity index (χ1v) is 7.19. The standard InChI is InChI=1S/C14H31N3O.ClH/c1-6-8-13(15)14(18)16-9-7-10-17(11(2)3)12(4)5;/h11-13H,6-10,15H2,1-5H3,(H,16,18);1H. The van der Waals surface area contributed by atoms with Crippen molar-refractivity contribution in [2.75, 3.05) is 13.1 Å². The molecule has 0 spiro atoms. The predicted molar refractivity (Wildman–Crippen MR) is 84.7 cm³/mol. The third-order valence-electron chi connectivity index (χ3n) is 3.16. The van der Waals surface area contributed by atoms with Crippen LogP contribution in [0.3, 0.4) is 0 Å². The van der Waals surface area contributed by atoms with Crippen molar-refractivity contribution in [3.05, 3.63) is 0 Å². The number of rotatable bonds is 9. The lowest BCUT2D eigenvalue weighted by Gasteiger charge is -2.30. The average molecular weight is 294 g/mol. The Bertz CT molecular complexity index is 227. The zero-order chi connectivity index (χ0) is 14.1. The van der Waals surface area contributed by atoms with Crippen LogP contribution in [0, 0.1) is 0 Å². The molecule has 0 rings (SSSR count). The first-order valence-electron chi connectivity index (χ1n) is 7.19. The molecule has 1 atom stereocenters. The maximum absolute atomic E-state index is 11.6. The van der Waals surface area contributed by atoms with Crippen molar-refractivity contribution in [1.82, 2.24) is 10.2 Å². The Morgan fingerprint density at radius 3 is 2.16 bits per heavy atom. The molecule has 0 fully saturated rings. The number of nitrogens with one attached hydrogen (secondary N) is 1. The van der Waals surface area contributed by atoms with Gasteiger partial charge in [-0.25, -0.2) is 0 Å². The van der Waals surface area contributed by atoms with E-state index in [4.69, 9.17) is 5.73 Å². The number of carbonyl (C=O) groups excluding carboxylic acids is 1. The molecule has 5 heteroatoms. The number of hydrogen-bond donors (Lipinski definition) is 2. The van der Waals surface area contributed by atoms with Gasteiger partial charge >= 0.3 is 0 Å². The minimum absolute atomic E-state index is 0. The molecule has 4 nitrogen and oxygen atoms in total. The van der Waals surface area contributed by atoms with E-state index in [2.05, 4.69) is 37.9 Å². The molecule has 1 unspecified atom stereocenters. The van der Waals surface area contributed by atoms with E-state index in [0.717, 1.165) is 25.8 Å². The molecule has 19 heavy (non-hydrogen) atoms. The van der Waals surface area contributed by atoms with Gasteiger partial charge in [0.1, 0.15) is 0 Å². The summed E-state index contributed by atoms with van der Waals surface area (Å²) in [4.78, 5) is 14.0. The molecule has 0 aliphatic rings. The fourth-order valence-corrected chi connectivity index (χ4v) is 2.16. The van der Waals surface area contributed by atoms with Crippen LogP contribution in [0.4, 0.5) is 0 Å². The van der Waals surface area contributed by atoms with E-state index < -0.39 is 0 Å². The summed E-state index contributed by atoms with van der Waals surface area (Å²) in [5.74, 6) is -0.0162. The highest BCUT2D eigenvalue weighted by Crippen LogP contribution is 2.05. The molecule has 0 aromatic rings. The Balaban J connectivity index is 0. The van der Waals surface area contributed by atoms with Crippen molar-refractivity contribution in [3.63, 3.8) is 0 Å². The Morgan fingerprint density at radius 1 is 1.21 bits per heavy atom. The van der Waals surface area contributed by atoms with Gasteiger partial charge in [-0.05, 0) is 40.5 Å². The van der Waals surface area contributed by atoms with E-state index in [1.54, 1.807) is 0 Å². The molecule has 3 N–H and O–H groups in total. The van der Waals surface area contributed by atoms with Gasteiger partial charge in [0.2, 0.25) is 5.91 Å². The van der Waals surface area contributed by atoms with E-state index in [0.29, 0.717) is 18.6 Å². The minimum atomic E-state index is -0.346. The fourth-order valence-electron chi connectivity index (χ4n) is 2.16. The predicted octanol–water partition coefficient (Wildman–Crippen LogP) is 2.16. The van der Waals surface area contributed by atoms with E-state index in [1.807, 2.05) is 6.92 Å². The minimum Gasteiger partial charge on any atom is -0.355 e. The van der Waals surface area contributed by atoms with E-state index in [1.165, 1.54) is 0 Å². The van der Waals surface area contributed by atoms with Crippen molar-refractivity contribution >= 4 is 18.3 Å². The lowest BCUT2D eigenvalue weighted by molar-refractivity contribution is -0.122. The molecule has 1 amide bonds. The summed E-state index contributed by atoms with van der Waals surface area (Å²) in [5.41, 5.74) is 5.74. The summed E-state index contributed by atoms with van der Waals surface area (Å²) in [6.07, 6.45) is 2.68. The molecule has 0 heterocycles. The first kappa shape index (κ1) is 21.0. The monoisotopic (exact) mass is 293 g/mol. The number of amides is 1. The topological polar surface area (TPSA) is 58.4 Å². The Hall–Kier alpha value is -0.320. The van der Waals surface area contributed by atoms with Gasteiger partial charge in [-0.15, -0.1) is 12.4 Å². The van der Waals surface area contributed by atoms with E-state index in [-0.39, 0.29) is 24.4 Å². The summed E-state index contributed by atoms with van der Waals surface area (Å²) >= 11 is 0. The van der Waals surface area contributed by atoms with Crippen LogP contribution in [0.25, 0.3) is 0 Å². The highest BCUT2D eigenvalue weighted by molar-refractivity contribution is 5.85. The van der Waals surface area contributed by atoms with Crippen LogP contribution >= 0.6 is 12.4 Å². The van der Waals surface area contributed by atoms with Gasteiger partial charge in [0, 0.05) is 25.2 Å². The van der Waals surface area contributed by atoms with Crippen LogP contribution in [0.5, 0.6) is 0 Å². The summed E-state index contributed by atoms with van der Waals surface area (Å²) in [5, 5.41) is 2.91. The van der Waals surface area contributed by atoms with Crippen molar-refractivity contribution in [1.29, 1.82) is 0 Å². The van der Waals surface area contributed by atoms with Crippen LogP contribution in [0.2, 0.25) is 0 Å². The highest BCUT2D eigenvalue weighted by Gasteiger charge is 2.14. The lowest BCUT2D eigenvalue weighted by Crippen LogP contribution is -2.42. The SMILES string of the molecule is CCCC(N)C(=O)NCCCN(C(C)C)C(C)C.Cl. The van der Waals surface area contributed by atoms with Crippen LogP contribution in [0.15, 0.2) is 0 Å². The van der Waals surface area contributed by atoms with E-state index >= 15 is 0 Å². The number of hydrogen-bond acceptors (Lipinski definition) is 3. The molecule has 0 aromatic carbocycles. The van der Waals surface area contributed by atoms with Gasteiger partial charge < -0.3 is 11.1 Å². The summed E-state index contributed by atoms with van der Waals surface area (Å²) < 4.78 is 0. The molecule has 0 radical (unpaired) electrons. The third-order valence-corrected chi connectivity index (χ3v) is 3.16. The van der Waals surface area contributed by atoms with Gasteiger partial charge in [0.25, 0.3) is 0 Å². The van der Waals surface area contributed by atoms with Crippen LogP contribution in [-0.2, 0) is 4.79 Å². The van der Waals surface area contributed by atoms with Crippen molar-refractivity contribution in [2.45, 2.75) is 72.0 Å². The van der Waals surface area contributed by atoms with Crippen LogP contribution < -0.4 is 11.1 Å². The molecule has 0 aliphatic carbocycles. The van der Waals surface area contributed by atoms with Crippen molar-refractivity contribution in [3.8, 4) is 0 Å². The van der Waals surface area contributed by atoms with E-state index in [9.17, 15) is 4.79 Å². The molecule has 0 aliphatic heterocycles. The molecule has 0 aromatic heterocycles. The Kier molecular flexibility index (Phi) is 12.7. The average Bonchev–Trinajstić information content (AvgIpc) is 2.27. The number of carbonyl (C=O) groups is 1. The largest absolute Gasteiger partial charge is 0.355 e. The van der Waals surface area contributed by atoms with Gasteiger partial charge in [0.05, 0.1) is 6.04 Å². The summed E-state index contributed by atoms with van der Waals surface area (Å²) in [6.45, 7) is 12.6. The zero-order valence-electron chi connectivity index (χ0n) is 13.1. The molecule has 0 bridgehead atoms. The molecular weight excluding hydrogens is 262 g/mol. The zero-order valence-corrected chi connectivity index (χ0v) is 13.9. The van der Waals surface area contributed by atoms with Crippen LogP contribution in [-0.4, -0.2) is 42.0 Å². The third kappa shape index (κ3) is 9.25.